The van der Waals surface area contributed by atoms with Crippen molar-refractivity contribution in [3.63, 3.8) is 0 Å². The van der Waals surface area contributed by atoms with Gasteiger partial charge in [-0.2, -0.15) is 0 Å². The van der Waals surface area contributed by atoms with Crippen LogP contribution in [0.5, 0.6) is 0 Å². The molecule has 0 spiro atoms. The van der Waals surface area contributed by atoms with Crippen molar-refractivity contribution in [2.45, 2.75) is 25.3 Å². The number of nitrogens with zero attached hydrogens (tertiary/aromatic N) is 2. The molecular weight excluding hydrogens is 338 g/mol. The van der Waals surface area contributed by atoms with E-state index >= 15 is 0 Å². The predicted octanol–water partition coefficient (Wildman–Crippen LogP) is -0.0936. The zero-order valence-electron chi connectivity index (χ0n) is 14.1. The van der Waals surface area contributed by atoms with E-state index in [-0.39, 0.29) is 36.5 Å². The van der Waals surface area contributed by atoms with Crippen LogP contribution in [0.1, 0.15) is 40.0 Å². The van der Waals surface area contributed by atoms with Crippen LogP contribution in [0, 0.1) is 5.92 Å². The molecule has 4 rings (SSSR count). The standard InChI is InChI=1S/C18H19N3O5/c22-9-10-5-6-20(8-10)11-1-2-12-13(7-11)18(26)21(17(12)25)14-3-4-15(23)19-16(14)24/h1-2,7,10,14,22H,3-6,8-9H2,(H,19,23,24). The van der Waals surface area contributed by atoms with Gasteiger partial charge >= 0.3 is 0 Å². The third-order valence-corrected chi connectivity index (χ3v) is 5.33. The van der Waals surface area contributed by atoms with Crippen LogP contribution in [0.25, 0.3) is 0 Å². The molecule has 26 heavy (non-hydrogen) atoms. The molecule has 136 valence electrons. The van der Waals surface area contributed by atoms with E-state index in [1.807, 2.05) is 0 Å². The highest BCUT2D eigenvalue weighted by atomic mass is 16.3. The lowest BCUT2D eigenvalue weighted by Crippen LogP contribution is -2.54. The molecule has 1 aromatic carbocycles. The van der Waals surface area contributed by atoms with Gasteiger partial charge in [-0.25, -0.2) is 0 Å². The number of nitrogens with one attached hydrogen (secondary N) is 1. The van der Waals surface area contributed by atoms with Crippen molar-refractivity contribution in [1.29, 1.82) is 0 Å². The Kier molecular flexibility index (Phi) is 3.99. The number of carbonyl (C=O) groups is 4. The van der Waals surface area contributed by atoms with Crippen LogP contribution in [0.15, 0.2) is 18.2 Å². The summed E-state index contributed by atoms with van der Waals surface area (Å²) in [7, 11) is 0. The Hall–Kier alpha value is -2.74. The van der Waals surface area contributed by atoms with E-state index in [1.54, 1.807) is 18.2 Å². The van der Waals surface area contributed by atoms with Crippen molar-refractivity contribution >= 4 is 29.3 Å². The first-order chi connectivity index (χ1) is 12.5. The van der Waals surface area contributed by atoms with Gasteiger partial charge in [0.2, 0.25) is 11.8 Å². The molecule has 0 saturated carbocycles. The molecule has 0 aromatic heterocycles. The molecule has 0 aliphatic carbocycles. The quantitative estimate of drug-likeness (QED) is 0.732. The summed E-state index contributed by atoms with van der Waals surface area (Å²) in [6.07, 6.45) is 1.13. The highest BCUT2D eigenvalue weighted by Gasteiger charge is 2.44. The summed E-state index contributed by atoms with van der Waals surface area (Å²) in [5.41, 5.74) is 1.39. The molecule has 2 atom stereocenters. The molecule has 1 aromatic rings. The van der Waals surface area contributed by atoms with Crippen molar-refractivity contribution in [3.05, 3.63) is 29.3 Å². The van der Waals surface area contributed by atoms with E-state index in [0.29, 0.717) is 6.54 Å². The number of aliphatic hydroxyl groups excluding tert-OH is 1. The number of rotatable bonds is 3. The molecule has 3 aliphatic heterocycles. The van der Waals surface area contributed by atoms with Crippen LogP contribution >= 0.6 is 0 Å². The molecule has 3 heterocycles. The summed E-state index contributed by atoms with van der Waals surface area (Å²) in [6.45, 7) is 1.61. The van der Waals surface area contributed by atoms with E-state index in [4.69, 9.17) is 0 Å². The number of carbonyl (C=O) groups excluding carboxylic acids is 4. The van der Waals surface area contributed by atoms with Crippen LogP contribution in [0.4, 0.5) is 5.69 Å². The van der Waals surface area contributed by atoms with Crippen LogP contribution in [-0.2, 0) is 9.59 Å². The van der Waals surface area contributed by atoms with Gasteiger partial charge in [-0.15, -0.1) is 0 Å². The van der Waals surface area contributed by atoms with Crippen LogP contribution < -0.4 is 10.2 Å². The van der Waals surface area contributed by atoms with Crippen LogP contribution in [0.2, 0.25) is 0 Å². The maximum absolute atomic E-state index is 12.8. The van der Waals surface area contributed by atoms with Crippen LogP contribution in [0.3, 0.4) is 0 Å². The normalized spacial score (nSPS) is 25.7. The number of anilines is 1. The van der Waals surface area contributed by atoms with Crippen molar-refractivity contribution in [1.82, 2.24) is 10.2 Å². The summed E-state index contributed by atoms with van der Waals surface area (Å²) >= 11 is 0. The lowest BCUT2D eigenvalue weighted by Gasteiger charge is -2.27. The summed E-state index contributed by atoms with van der Waals surface area (Å²) in [6, 6.07) is 4.14. The maximum atomic E-state index is 12.8. The van der Waals surface area contributed by atoms with E-state index in [9.17, 15) is 24.3 Å². The van der Waals surface area contributed by atoms with Gasteiger partial charge in [0.15, 0.2) is 0 Å². The van der Waals surface area contributed by atoms with Gasteiger partial charge in [0.1, 0.15) is 6.04 Å². The van der Waals surface area contributed by atoms with Gasteiger partial charge in [-0.1, -0.05) is 0 Å². The first kappa shape index (κ1) is 16.7. The van der Waals surface area contributed by atoms with Crippen LogP contribution in [-0.4, -0.2) is 59.4 Å². The van der Waals surface area contributed by atoms with E-state index in [0.717, 1.165) is 23.6 Å². The number of amides is 4. The Morgan fingerprint density at radius 2 is 1.85 bits per heavy atom. The number of fused-ring (bicyclic) bond motifs is 1. The number of benzene rings is 1. The Morgan fingerprint density at radius 3 is 2.54 bits per heavy atom. The largest absolute Gasteiger partial charge is 0.396 e. The molecular formula is C18H19N3O5. The molecule has 2 N–H and O–H groups in total. The predicted molar refractivity (Wildman–Crippen MR) is 90.5 cm³/mol. The second-order valence-electron chi connectivity index (χ2n) is 6.96. The molecule has 4 amide bonds. The minimum Gasteiger partial charge on any atom is -0.396 e. The minimum atomic E-state index is -0.950. The topological polar surface area (TPSA) is 107 Å². The summed E-state index contributed by atoms with van der Waals surface area (Å²) < 4.78 is 0. The maximum Gasteiger partial charge on any atom is 0.262 e. The Labute approximate surface area is 149 Å². The van der Waals surface area contributed by atoms with Crippen molar-refractivity contribution < 1.29 is 24.3 Å². The number of hydrogen-bond acceptors (Lipinski definition) is 6. The van der Waals surface area contributed by atoms with E-state index in [1.165, 1.54) is 0 Å². The highest BCUT2D eigenvalue weighted by molar-refractivity contribution is 6.23. The Balaban J connectivity index is 1.60. The second kappa shape index (κ2) is 6.21. The van der Waals surface area contributed by atoms with Gasteiger partial charge in [-0.3, -0.25) is 29.4 Å². The van der Waals surface area contributed by atoms with Gasteiger partial charge in [0, 0.05) is 37.7 Å². The molecule has 2 unspecified atom stereocenters. The summed E-state index contributed by atoms with van der Waals surface area (Å²) in [5, 5.41) is 11.5. The molecule has 2 fully saturated rings. The lowest BCUT2D eigenvalue weighted by atomic mass is 10.0. The minimum absolute atomic E-state index is 0.103. The Morgan fingerprint density at radius 1 is 1.08 bits per heavy atom. The molecule has 8 heteroatoms. The molecule has 2 saturated heterocycles. The average molecular weight is 357 g/mol. The first-order valence-corrected chi connectivity index (χ1v) is 8.71. The molecule has 0 bridgehead atoms. The smallest absolute Gasteiger partial charge is 0.262 e. The van der Waals surface area contributed by atoms with Crippen molar-refractivity contribution in [2.24, 2.45) is 5.92 Å². The molecule has 3 aliphatic rings. The van der Waals surface area contributed by atoms with Gasteiger partial charge in [0.05, 0.1) is 11.1 Å². The summed E-state index contributed by atoms with van der Waals surface area (Å²) in [5.74, 6) is -1.79. The highest BCUT2D eigenvalue weighted by Crippen LogP contribution is 2.32. The third-order valence-electron chi connectivity index (χ3n) is 5.33. The fourth-order valence-electron chi connectivity index (χ4n) is 3.87. The van der Waals surface area contributed by atoms with Crippen molar-refractivity contribution in [2.75, 3.05) is 24.6 Å². The van der Waals surface area contributed by atoms with E-state index in [2.05, 4.69) is 10.2 Å². The van der Waals surface area contributed by atoms with Gasteiger partial charge in [-0.05, 0) is 31.0 Å². The fraction of sp³-hybridized carbons (Fsp3) is 0.444. The summed E-state index contributed by atoms with van der Waals surface area (Å²) in [4.78, 5) is 51.9. The van der Waals surface area contributed by atoms with E-state index < -0.39 is 29.7 Å². The average Bonchev–Trinajstić information content (AvgIpc) is 3.20. The number of imide groups is 2. The second-order valence-corrected chi connectivity index (χ2v) is 6.96. The monoisotopic (exact) mass is 357 g/mol. The van der Waals surface area contributed by atoms with Gasteiger partial charge < -0.3 is 10.0 Å². The van der Waals surface area contributed by atoms with Gasteiger partial charge in [0.25, 0.3) is 11.8 Å². The molecule has 8 nitrogen and oxygen atoms in total. The number of aliphatic hydroxyl groups is 1. The SMILES string of the molecule is O=C1CCC(N2C(=O)c3ccc(N4CCC(CO)C4)cc3C2=O)C(=O)N1. The van der Waals surface area contributed by atoms with Crippen molar-refractivity contribution in [3.8, 4) is 0 Å². The first-order valence-electron chi connectivity index (χ1n) is 8.71. The zero-order valence-corrected chi connectivity index (χ0v) is 14.1. The third kappa shape index (κ3) is 2.57. The molecule has 0 radical (unpaired) electrons. The fourth-order valence-corrected chi connectivity index (χ4v) is 3.87. The number of hydrogen-bond donors (Lipinski definition) is 2. The Bertz CT molecular complexity index is 821. The lowest BCUT2D eigenvalue weighted by molar-refractivity contribution is -0.136. The zero-order chi connectivity index (χ0) is 18.4. The number of piperidine rings is 1.